The number of aryl methyl sites for hydroxylation is 1. The molecule has 2 nitrogen and oxygen atoms in total. The maximum absolute atomic E-state index is 4.12. The molecule has 0 N–H and O–H groups in total. The fraction of sp³-hybridized carbons (Fsp3) is 0.625. The van der Waals surface area contributed by atoms with Crippen LogP contribution in [0.25, 0.3) is 0 Å². The SMILES string of the molecule is C[C@H]1CCCn2cncc21. The van der Waals surface area contributed by atoms with Crippen LogP contribution < -0.4 is 0 Å². The van der Waals surface area contributed by atoms with Gasteiger partial charge in [0.25, 0.3) is 0 Å². The van der Waals surface area contributed by atoms with Gasteiger partial charge in [0.15, 0.2) is 0 Å². The third-order valence-corrected chi connectivity index (χ3v) is 2.29. The second kappa shape index (κ2) is 2.11. The molecular formula is C8H12N2. The Kier molecular flexibility index (Phi) is 1.26. The summed E-state index contributed by atoms with van der Waals surface area (Å²) in [4.78, 5) is 4.12. The second-order valence-corrected chi connectivity index (χ2v) is 3.06. The summed E-state index contributed by atoms with van der Waals surface area (Å²) in [5.74, 6) is 0.719. The van der Waals surface area contributed by atoms with Gasteiger partial charge in [-0.25, -0.2) is 4.98 Å². The molecule has 1 aliphatic rings. The van der Waals surface area contributed by atoms with E-state index in [4.69, 9.17) is 0 Å². The normalized spacial score (nSPS) is 24.3. The average Bonchev–Trinajstić information content (AvgIpc) is 2.36. The van der Waals surface area contributed by atoms with Crippen LogP contribution in [0.4, 0.5) is 0 Å². The van der Waals surface area contributed by atoms with Gasteiger partial charge < -0.3 is 4.57 Å². The van der Waals surface area contributed by atoms with Gasteiger partial charge in [-0.05, 0) is 18.8 Å². The molecule has 10 heavy (non-hydrogen) atoms. The fourth-order valence-corrected chi connectivity index (χ4v) is 1.64. The lowest BCUT2D eigenvalue weighted by molar-refractivity contribution is 0.475. The Balaban J connectivity index is 2.41. The molecule has 1 aromatic rings. The maximum atomic E-state index is 4.12. The molecule has 2 heteroatoms. The summed E-state index contributed by atoms with van der Waals surface area (Å²) in [6, 6.07) is 0. The molecule has 0 saturated carbocycles. The van der Waals surface area contributed by atoms with E-state index in [2.05, 4.69) is 16.5 Å². The summed E-state index contributed by atoms with van der Waals surface area (Å²) in [6.07, 6.45) is 6.56. The van der Waals surface area contributed by atoms with E-state index in [9.17, 15) is 0 Å². The molecule has 1 aromatic heterocycles. The summed E-state index contributed by atoms with van der Waals surface area (Å²) in [5.41, 5.74) is 1.41. The largest absolute Gasteiger partial charge is 0.334 e. The monoisotopic (exact) mass is 136 g/mol. The third-order valence-electron chi connectivity index (χ3n) is 2.29. The van der Waals surface area contributed by atoms with Gasteiger partial charge in [-0.2, -0.15) is 0 Å². The van der Waals surface area contributed by atoms with Gasteiger partial charge in [0.2, 0.25) is 0 Å². The lowest BCUT2D eigenvalue weighted by Crippen LogP contribution is -2.11. The topological polar surface area (TPSA) is 17.8 Å². The molecule has 0 amide bonds. The van der Waals surface area contributed by atoms with Gasteiger partial charge in [0, 0.05) is 18.4 Å². The molecule has 0 fully saturated rings. The Morgan fingerprint density at radius 3 is 3.40 bits per heavy atom. The first-order valence-electron chi connectivity index (χ1n) is 3.88. The first-order valence-corrected chi connectivity index (χ1v) is 3.88. The van der Waals surface area contributed by atoms with Crippen molar-refractivity contribution in [1.29, 1.82) is 0 Å². The molecule has 0 radical (unpaired) electrons. The number of fused-ring (bicyclic) bond motifs is 1. The van der Waals surface area contributed by atoms with Gasteiger partial charge >= 0.3 is 0 Å². The van der Waals surface area contributed by atoms with E-state index < -0.39 is 0 Å². The number of nitrogens with zero attached hydrogens (tertiary/aromatic N) is 2. The van der Waals surface area contributed by atoms with Crippen LogP contribution in [0.5, 0.6) is 0 Å². The third kappa shape index (κ3) is 0.753. The van der Waals surface area contributed by atoms with E-state index in [1.807, 2.05) is 12.5 Å². The molecule has 0 unspecified atom stereocenters. The molecule has 2 rings (SSSR count). The van der Waals surface area contributed by atoms with E-state index in [0.717, 1.165) is 5.92 Å². The standard InChI is InChI=1S/C8H12N2/c1-7-3-2-4-10-6-9-5-8(7)10/h5-7H,2-4H2,1H3/t7-/m0/s1. The number of imidazole rings is 1. The van der Waals surface area contributed by atoms with Gasteiger partial charge in [0.1, 0.15) is 0 Å². The minimum absolute atomic E-state index is 0.719. The van der Waals surface area contributed by atoms with Crippen molar-refractivity contribution in [1.82, 2.24) is 9.55 Å². The number of aromatic nitrogens is 2. The predicted octanol–water partition coefficient (Wildman–Crippen LogP) is 1.78. The van der Waals surface area contributed by atoms with Crippen LogP contribution in [-0.4, -0.2) is 9.55 Å². The highest BCUT2D eigenvalue weighted by molar-refractivity contribution is 5.06. The molecule has 0 aromatic carbocycles. The van der Waals surface area contributed by atoms with Crippen molar-refractivity contribution < 1.29 is 0 Å². The van der Waals surface area contributed by atoms with Crippen molar-refractivity contribution in [2.45, 2.75) is 32.2 Å². The number of hydrogen-bond acceptors (Lipinski definition) is 1. The van der Waals surface area contributed by atoms with Crippen molar-refractivity contribution in [3.63, 3.8) is 0 Å². The van der Waals surface area contributed by atoms with Crippen LogP contribution in [0.1, 0.15) is 31.4 Å². The van der Waals surface area contributed by atoms with Gasteiger partial charge in [-0.3, -0.25) is 0 Å². The van der Waals surface area contributed by atoms with E-state index in [-0.39, 0.29) is 0 Å². The summed E-state index contributed by atoms with van der Waals surface area (Å²) in [6.45, 7) is 3.44. The molecule has 0 bridgehead atoms. The molecule has 1 aliphatic heterocycles. The first kappa shape index (κ1) is 5.96. The van der Waals surface area contributed by atoms with Crippen molar-refractivity contribution in [3.8, 4) is 0 Å². The summed E-state index contributed by atoms with van der Waals surface area (Å²) >= 11 is 0. The lowest BCUT2D eigenvalue weighted by atomic mass is 9.99. The van der Waals surface area contributed by atoms with Gasteiger partial charge in [-0.15, -0.1) is 0 Å². The highest BCUT2D eigenvalue weighted by atomic mass is 15.1. The van der Waals surface area contributed by atoms with Gasteiger partial charge in [0.05, 0.1) is 6.33 Å². The minimum Gasteiger partial charge on any atom is -0.334 e. The van der Waals surface area contributed by atoms with E-state index >= 15 is 0 Å². The zero-order valence-electron chi connectivity index (χ0n) is 6.25. The molecular weight excluding hydrogens is 124 g/mol. The Labute approximate surface area is 60.9 Å². The molecule has 0 spiro atoms. The van der Waals surface area contributed by atoms with Crippen LogP contribution in [0.15, 0.2) is 12.5 Å². The first-order chi connectivity index (χ1) is 4.88. The van der Waals surface area contributed by atoms with Crippen LogP contribution in [0.2, 0.25) is 0 Å². The highest BCUT2D eigenvalue weighted by Crippen LogP contribution is 2.25. The molecule has 0 aliphatic carbocycles. The summed E-state index contributed by atoms with van der Waals surface area (Å²) in [5, 5.41) is 0. The van der Waals surface area contributed by atoms with Crippen LogP contribution >= 0.6 is 0 Å². The van der Waals surface area contributed by atoms with Crippen LogP contribution in [-0.2, 0) is 6.54 Å². The molecule has 2 heterocycles. The highest BCUT2D eigenvalue weighted by Gasteiger charge is 2.14. The Morgan fingerprint density at radius 2 is 2.60 bits per heavy atom. The average molecular weight is 136 g/mol. The quantitative estimate of drug-likeness (QED) is 0.531. The maximum Gasteiger partial charge on any atom is 0.0948 e. The van der Waals surface area contributed by atoms with E-state index in [1.165, 1.54) is 25.1 Å². The van der Waals surface area contributed by atoms with E-state index in [0.29, 0.717) is 0 Å². The van der Waals surface area contributed by atoms with Crippen molar-refractivity contribution in [2.75, 3.05) is 0 Å². The second-order valence-electron chi connectivity index (χ2n) is 3.06. The summed E-state index contributed by atoms with van der Waals surface area (Å²) < 4.78 is 2.26. The molecule has 1 atom stereocenters. The zero-order valence-corrected chi connectivity index (χ0v) is 6.25. The zero-order chi connectivity index (χ0) is 6.97. The van der Waals surface area contributed by atoms with Gasteiger partial charge in [-0.1, -0.05) is 6.92 Å². The van der Waals surface area contributed by atoms with Crippen molar-refractivity contribution >= 4 is 0 Å². The van der Waals surface area contributed by atoms with Crippen LogP contribution in [0.3, 0.4) is 0 Å². The smallest absolute Gasteiger partial charge is 0.0948 e. The number of hydrogen-bond donors (Lipinski definition) is 0. The lowest BCUT2D eigenvalue weighted by Gasteiger charge is -2.19. The fourth-order valence-electron chi connectivity index (χ4n) is 1.64. The Hall–Kier alpha value is -0.790. The van der Waals surface area contributed by atoms with Crippen LogP contribution in [0, 0.1) is 0 Å². The summed E-state index contributed by atoms with van der Waals surface area (Å²) in [7, 11) is 0. The minimum atomic E-state index is 0.719. The van der Waals surface area contributed by atoms with E-state index in [1.54, 1.807) is 0 Å². The molecule has 54 valence electrons. The Morgan fingerprint density at radius 1 is 1.70 bits per heavy atom. The molecule has 0 saturated heterocycles. The van der Waals surface area contributed by atoms with Crippen molar-refractivity contribution in [3.05, 3.63) is 18.2 Å². The Bertz CT molecular complexity index is 227. The van der Waals surface area contributed by atoms with Crippen molar-refractivity contribution in [2.24, 2.45) is 0 Å². The predicted molar refractivity (Wildman–Crippen MR) is 39.9 cm³/mol. The number of rotatable bonds is 0.